The van der Waals surface area contributed by atoms with Crippen LogP contribution in [0, 0.1) is 0 Å². The maximum absolute atomic E-state index is 11.3. The molecule has 2 aliphatic heterocycles. The molecule has 2 heterocycles. The van der Waals surface area contributed by atoms with Crippen molar-refractivity contribution in [3.8, 4) is 0 Å². The molecule has 102 valence electrons. The van der Waals surface area contributed by atoms with Crippen LogP contribution in [-0.2, 0) is 22.4 Å². The van der Waals surface area contributed by atoms with Gasteiger partial charge in [-0.3, -0.25) is 4.79 Å². The van der Waals surface area contributed by atoms with Gasteiger partial charge in [0.1, 0.15) is 0 Å². The summed E-state index contributed by atoms with van der Waals surface area (Å²) in [5.74, 6) is 0.127. The molecule has 0 spiro atoms. The molecule has 1 amide bonds. The van der Waals surface area contributed by atoms with Gasteiger partial charge >= 0.3 is 0 Å². The van der Waals surface area contributed by atoms with E-state index < -0.39 is 0 Å². The monoisotopic (exact) mass is 260 g/mol. The molecule has 0 aliphatic carbocycles. The lowest BCUT2D eigenvalue weighted by atomic mass is 9.97. The first-order valence-corrected chi connectivity index (χ1v) is 7.05. The number of carbonyl (C=O) groups excluding carboxylic acids is 1. The van der Waals surface area contributed by atoms with E-state index in [2.05, 4.69) is 22.8 Å². The molecule has 1 saturated heterocycles. The van der Waals surface area contributed by atoms with Gasteiger partial charge in [0.05, 0.1) is 12.7 Å². The van der Waals surface area contributed by atoms with Crippen LogP contribution >= 0.6 is 0 Å². The molecular weight excluding hydrogens is 240 g/mol. The number of amides is 1. The van der Waals surface area contributed by atoms with E-state index in [1.807, 2.05) is 6.07 Å². The fourth-order valence-electron chi connectivity index (χ4n) is 2.73. The Morgan fingerprint density at radius 2 is 2.26 bits per heavy atom. The minimum atomic E-state index is 0.127. The predicted molar refractivity (Wildman–Crippen MR) is 74.3 cm³/mol. The Hall–Kier alpha value is -1.39. The molecule has 1 aromatic rings. The maximum Gasteiger partial charge on any atom is 0.224 e. The third kappa shape index (κ3) is 3.14. The molecule has 1 atom stereocenters. The first-order valence-electron chi connectivity index (χ1n) is 7.05. The zero-order valence-corrected chi connectivity index (χ0v) is 11.1. The van der Waals surface area contributed by atoms with Gasteiger partial charge < -0.3 is 15.4 Å². The van der Waals surface area contributed by atoms with Gasteiger partial charge in [-0.1, -0.05) is 12.1 Å². The van der Waals surface area contributed by atoms with Crippen molar-refractivity contribution in [3.63, 3.8) is 0 Å². The Bertz CT molecular complexity index is 467. The van der Waals surface area contributed by atoms with Crippen LogP contribution in [0.4, 0.5) is 5.69 Å². The van der Waals surface area contributed by atoms with E-state index in [9.17, 15) is 4.79 Å². The van der Waals surface area contributed by atoms with Gasteiger partial charge in [0.2, 0.25) is 5.91 Å². The molecule has 1 aromatic carbocycles. The number of morpholine rings is 1. The smallest absolute Gasteiger partial charge is 0.224 e. The molecule has 1 unspecified atom stereocenters. The summed E-state index contributed by atoms with van der Waals surface area (Å²) in [6, 6.07) is 6.37. The first kappa shape index (κ1) is 12.6. The molecule has 2 aliphatic rings. The first-order chi connectivity index (χ1) is 9.31. The topological polar surface area (TPSA) is 50.4 Å². The van der Waals surface area contributed by atoms with Crippen LogP contribution in [0.1, 0.15) is 24.0 Å². The van der Waals surface area contributed by atoms with E-state index in [-0.39, 0.29) is 5.91 Å². The number of benzene rings is 1. The van der Waals surface area contributed by atoms with Gasteiger partial charge in [-0.25, -0.2) is 0 Å². The Kier molecular flexibility index (Phi) is 3.80. The van der Waals surface area contributed by atoms with Crippen LogP contribution < -0.4 is 10.6 Å². The number of aryl methyl sites for hydroxylation is 2. The highest BCUT2D eigenvalue weighted by molar-refractivity contribution is 5.93. The summed E-state index contributed by atoms with van der Waals surface area (Å²) in [6.45, 7) is 2.75. The van der Waals surface area contributed by atoms with E-state index in [0.29, 0.717) is 12.5 Å². The second-order valence-electron chi connectivity index (χ2n) is 5.28. The molecule has 0 radical (unpaired) electrons. The summed E-state index contributed by atoms with van der Waals surface area (Å²) >= 11 is 0. The molecule has 4 nitrogen and oxygen atoms in total. The van der Waals surface area contributed by atoms with Crippen molar-refractivity contribution >= 4 is 11.6 Å². The van der Waals surface area contributed by atoms with Crippen molar-refractivity contribution in [2.24, 2.45) is 0 Å². The lowest BCUT2D eigenvalue weighted by Crippen LogP contribution is -2.38. The summed E-state index contributed by atoms with van der Waals surface area (Å²) in [5.41, 5.74) is 3.58. The Morgan fingerprint density at radius 1 is 1.32 bits per heavy atom. The van der Waals surface area contributed by atoms with Gasteiger partial charge in [-0.15, -0.1) is 0 Å². The maximum atomic E-state index is 11.3. The third-order valence-corrected chi connectivity index (χ3v) is 3.82. The number of nitrogens with one attached hydrogen (secondary N) is 2. The van der Waals surface area contributed by atoms with Gasteiger partial charge in [-0.2, -0.15) is 0 Å². The predicted octanol–water partition coefficient (Wildman–Crippen LogP) is 1.49. The molecule has 4 heteroatoms. The number of carbonyl (C=O) groups is 1. The molecular formula is C15H20N2O2. The highest BCUT2D eigenvalue weighted by atomic mass is 16.5. The van der Waals surface area contributed by atoms with Crippen molar-refractivity contribution in [1.29, 1.82) is 0 Å². The van der Waals surface area contributed by atoms with Gasteiger partial charge in [-0.05, 0) is 36.5 Å². The van der Waals surface area contributed by atoms with E-state index in [1.54, 1.807) is 0 Å². The summed E-state index contributed by atoms with van der Waals surface area (Å²) in [6.07, 6.45) is 3.89. The van der Waals surface area contributed by atoms with Crippen LogP contribution in [0.2, 0.25) is 0 Å². The van der Waals surface area contributed by atoms with Crippen molar-refractivity contribution in [2.45, 2.75) is 31.8 Å². The average Bonchev–Trinajstić information content (AvgIpc) is 2.46. The van der Waals surface area contributed by atoms with Gasteiger partial charge in [0.15, 0.2) is 0 Å². The summed E-state index contributed by atoms with van der Waals surface area (Å²) in [4.78, 5) is 11.3. The number of fused-ring (bicyclic) bond motifs is 1. The number of anilines is 1. The molecule has 0 saturated carbocycles. The number of hydrogen-bond acceptors (Lipinski definition) is 3. The minimum Gasteiger partial charge on any atom is -0.376 e. The summed E-state index contributed by atoms with van der Waals surface area (Å²) < 4.78 is 5.71. The van der Waals surface area contributed by atoms with E-state index in [4.69, 9.17) is 4.74 Å². The Balaban J connectivity index is 1.60. The quantitative estimate of drug-likeness (QED) is 0.866. The van der Waals surface area contributed by atoms with Gasteiger partial charge in [0, 0.05) is 25.2 Å². The van der Waals surface area contributed by atoms with Crippen molar-refractivity contribution in [3.05, 3.63) is 29.3 Å². The zero-order valence-electron chi connectivity index (χ0n) is 11.1. The number of ether oxygens (including phenoxy) is 1. The molecule has 3 rings (SSSR count). The largest absolute Gasteiger partial charge is 0.376 e. The fraction of sp³-hybridized carbons (Fsp3) is 0.533. The van der Waals surface area contributed by atoms with Crippen molar-refractivity contribution in [2.75, 3.05) is 25.0 Å². The molecule has 2 N–H and O–H groups in total. The van der Waals surface area contributed by atoms with Crippen LogP contribution in [-0.4, -0.2) is 31.7 Å². The lowest BCUT2D eigenvalue weighted by molar-refractivity contribution is -0.116. The summed E-state index contributed by atoms with van der Waals surface area (Å²) in [5, 5.41) is 6.27. The third-order valence-electron chi connectivity index (χ3n) is 3.82. The molecule has 0 aromatic heterocycles. The normalized spacial score (nSPS) is 22.7. The van der Waals surface area contributed by atoms with Crippen LogP contribution in [0.15, 0.2) is 18.2 Å². The van der Waals surface area contributed by atoms with Gasteiger partial charge in [0.25, 0.3) is 0 Å². The van der Waals surface area contributed by atoms with Crippen LogP contribution in [0.3, 0.4) is 0 Å². The average molecular weight is 260 g/mol. The van der Waals surface area contributed by atoms with E-state index in [0.717, 1.165) is 44.6 Å². The highest BCUT2D eigenvalue weighted by Gasteiger charge is 2.16. The minimum absolute atomic E-state index is 0.127. The van der Waals surface area contributed by atoms with Crippen LogP contribution in [0.5, 0.6) is 0 Å². The SMILES string of the molecule is O=C1CCc2cc(CCC3CNCCO3)ccc2N1. The fourth-order valence-corrected chi connectivity index (χ4v) is 2.73. The Labute approximate surface area is 113 Å². The lowest BCUT2D eigenvalue weighted by Gasteiger charge is -2.24. The number of rotatable bonds is 3. The zero-order chi connectivity index (χ0) is 13.1. The molecule has 19 heavy (non-hydrogen) atoms. The van der Waals surface area contributed by atoms with Crippen molar-refractivity contribution in [1.82, 2.24) is 5.32 Å². The highest BCUT2D eigenvalue weighted by Crippen LogP contribution is 2.24. The summed E-state index contributed by atoms with van der Waals surface area (Å²) in [7, 11) is 0. The second-order valence-corrected chi connectivity index (χ2v) is 5.28. The number of hydrogen-bond donors (Lipinski definition) is 2. The standard InChI is InChI=1S/C15H20N2O2/c18-15-6-3-12-9-11(2-5-14(12)17-15)1-4-13-10-16-7-8-19-13/h2,5,9,13,16H,1,3-4,6-8,10H2,(H,17,18). The van der Waals surface area contributed by atoms with Crippen molar-refractivity contribution < 1.29 is 9.53 Å². The van der Waals surface area contributed by atoms with Crippen LogP contribution in [0.25, 0.3) is 0 Å². The molecule has 0 bridgehead atoms. The second kappa shape index (κ2) is 5.72. The molecule has 1 fully saturated rings. The van der Waals surface area contributed by atoms with E-state index in [1.165, 1.54) is 11.1 Å². The Morgan fingerprint density at radius 3 is 3.11 bits per heavy atom. The van der Waals surface area contributed by atoms with E-state index >= 15 is 0 Å².